The van der Waals surface area contributed by atoms with Gasteiger partial charge in [-0.05, 0) is 36.4 Å². The van der Waals surface area contributed by atoms with Gasteiger partial charge in [-0.15, -0.1) is 0 Å². The molecule has 27 heavy (non-hydrogen) atoms. The topological polar surface area (TPSA) is 115 Å². The molecule has 0 saturated heterocycles. The second kappa shape index (κ2) is 7.34. The molecule has 0 unspecified atom stereocenters. The lowest BCUT2D eigenvalue weighted by atomic mass is 10.1. The first-order valence-electron chi connectivity index (χ1n) is 7.74. The van der Waals surface area contributed by atoms with Gasteiger partial charge in [-0.2, -0.15) is 0 Å². The van der Waals surface area contributed by atoms with Gasteiger partial charge in [0.15, 0.2) is 9.84 Å². The number of hydrogen-bond acceptors (Lipinski definition) is 6. The summed E-state index contributed by atoms with van der Waals surface area (Å²) in [5, 5.41) is 3.22. The Balaban J connectivity index is 1.86. The quantitative estimate of drug-likeness (QED) is 0.677. The number of aromatic nitrogens is 2. The monoisotopic (exact) mass is 402 g/mol. The molecule has 0 spiro atoms. The van der Waals surface area contributed by atoms with Gasteiger partial charge < -0.3 is 11.1 Å². The molecule has 0 saturated carbocycles. The van der Waals surface area contributed by atoms with Crippen LogP contribution in [0, 0.1) is 0 Å². The Kier molecular flexibility index (Phi) is 5.11. The van der Waals surface area contributed by atoms with Crippen molar-refractivity contribution in [2.45, 2.75) is 4.90 Å². The summed E-state index contributed by atoms with van der Waals surface area (Å²) in [5.41, 5.74) is 7.41. The highest BCUT2D eigenvalue weighted by molar-refractivity contribution is 7.90. The molecule has 1 heterocycles. The lowest BCUT2D eigenvalue weighted by molar-refractivity contribution is 0.100. The number of carbonyl (C=O) groups is 1. The predicted octanol–water partition coefficient (Wildman–Crippen LogP) is 3.04. The van der Waals surface area contributed by atoms with E-state index in [-0.39, 0.29) is 15.5 Å². The summed E-state index contributed by atoms with van der Waals surface area (Å²) in [6.45, 7) is 0. The van der Waals surface area contributed by atoms with E-state index in [0.29, 0.717) is 17.3 Å². The first kappa shape index (κ1) is 18.8. The molecule has 3 rings (SSSR count). The van der Waals surface area contributed by atoms with E-state index in [1.165, 1.54) is 18.2 Å². The Hall–Kier alpha value is -2.97. The first-order valence-corrected chi connectivity index (χ1v) is 10.0. The molecular weight excluding hydrogens is 388 g/mol. The largest absolute Gasteiger partial charge is 0.366 e. The minimum Gasteiger partial charge on any atom is -0.366 e. The van der Waals surface area contributed by atoms with Crippen LogP contribution in [0.15, 0.2) is 59.6 Å². The Labute approximate surface area is 161 Å². The minimum atomic E-state index is -3.25. The summed E-state index contributed by atoms with van der Waals surface area (Å²) in [4.78, 5) is 20.0. The summed E-state index contributed by atoms with van der Waals surface area (Å²) in [6, 6.07) is 12.8. The third kappa shape index (κ3) is 4.42. The number of anilines is 2. The van der Waals surface area contributed by atoms with E-state index in [1.54, 1.807) is 36.5 Å². The highest BCUT2D eigenvalue weighted by Crippen LogP contribution is 2.24. The number of nitrogens with two attached hydrogens (primary N) is 1. The molecule has 0 radical (unpaired) electrons. The van der Waals surface area contributed by atoms with Gasteiger partial charge in [0.05, 0.1) is 21.2 Å². The Morgan fingerprint density at radius 2 is 1.81 bits per heavy atom. The third-order valence-electron chi connectivity index (χ3n) is 3.72. The number of halogens is 1. The highest BCUT2D eigenvalue weighted by atomic mass is 35.5. The van der Waals surface area contributed by atoms with Crippen molar-refractivity contribution >= 4 is 39.0 Å². The van der Waals surface area contributed by atoms with Crippen molar-refractivity contribution in [3.8, 4) is 11.3 Å². The maximum Gasteiger partial charge on any atom is 0.250 e. The zero-order chi connectivity index (χ0) is 19.6. The fourth-order valence-electron chi connectivity index (χ4n) is 2.37. The molecule has 0 fully saturated rings. The van der Waals surface area contributed by atoms with Crippen molar-refractivity contribution in [1.29, 1.82) is 0 Å². The second-order valence-corrected chi connectivity index (χ2v) is 8.17. The van der Waals surface area contributed by atoms with Gasteiger partial charge in [0.2, 0.25) is 11.9 Å². The van der Waals surface area contributed by atoms with Crippen LogP contribution in [0.4, 0.5) is 11.6 Å². The third-order valence-corrected chi connectivity index (χ3v) is 5.17. The standard InChI is InChI=1S/C18H15ClN4O3S/c1-27(25,26)13-5-2-11(3-6-13)16-8-9-21-18(23-16)22-12-4-7-14(17(20)24)15(19)10-12/h2-10H,1H3,(H2,20,24)(H,21,22,23). The molecule has 3 N–H and O–H groups in total. The molecule has 2 aromatic carbocycles. The number of hydrogen-bond donors (Lipinski definition) is 2. The molecule has 0 aliphatic rings. The number of amides is 1. The fourth-order valence-corrected chi connectivity index (χ4v) is 3.28. The van der Waals surface area contributed by atoms with Crippen LogP contribution in [-0.4, -0.2) is 30.5 Å². The van der Waals surface area contributed by atoms with E-state index >= 15 is 0 Å². The van der Waals surface area contributed by atoms with Crippen LogP contribution in [0.5, 0.6) is 0 Å². The lowest BCUT2D eigenvalue weighted by Gasteiger charge is -2.08. The van der Waals surface area contributed by atoms with E-state index in [2.05, 4.69) is 15.3 Å². The van der Waals surface area contributed by atoms with Crippen molar-refractivity contribution < 1.29 is 13.2 Å². The highest BCUT2D eigenvalue weighted by Gasteiger charge is 2.10. The van der Waals surface area contributed by atoms with Gasteiger partial charge in [-0.1, -0.05) is 23.7 Å². The fraction of sp³-hybridized carbons (Fsp3) is 0.0556. The number of benzene rings is 2. The Morgan fingerprint density at radius 1 is 1.11 bits per heavy atom. The molecule has 0 bridgehead atoms. The lowest BCUT2D eigenvalue weighted by Crippen LogP contribution is -2.11. The number of nitrogens with zero attached hydrogens (tertiary/aromatic N) is 2. The number of rotatable bonds is 5. The molecular formula is C18H15ClN4O3S. The summed E-state index contributed by atoms with van der Waals surface area (Å²) in [7, 11) is -3.25. The summed E-state index contributed by atoms with van der Waals surface area (Å²) >= 11 is 6.04. The van der Waals surface area contributed by atoms with Crippen LogP contribution in [0.25, 0.3) is 11.3 Å². The maximum absolute atomic E-state index is 11.6. The Bertz CT molecular complexity index is 1120. The van der Waals surface area contributed by atoms with Crippen LogP contribution >= 0.6 is 11.6 Å². The van der Waals surface area contributed by atoms with Crippen LogP contribution in [-0.2, 0) is 9.84 Å². The van der Waals surface area contributed by atoms with Crippen LogP contribution in [0.2, 0.25) is 5.02 Å². The Morgan fingerprint density at radius 3 is 2.41 bits per heavy atom. The maximum atomic E-state index is 11.6. The number of primary amides is 1. The zero-order valence-corrected chi connectivity index (χ0v) is 15.8. The molecule has 7 nitrogen and oxygen atoms in total. The molecule has 1 aromatic heterocycles. The molecule has 1 amide bonds. The van der Waals surface area contributed by atoms with Crippen LogP contribution in [0.3, 0.4) is 0 Å². The SMILES string of the molecule is CS(=O)(=O)c1ccc(-c2ccnc(Nc3ccc(C(N)=O)c(Cl)c3)n2)cc1. The van der Waals surface area contributed by atoms with Gasteiger partial charge in [0.25, 0.3) is 0 Å². The van der Waals surface area contributed by atoms with Gasteiger partial charge >= 0.3 is 0 Å². The normalized spacial score (nSPS) is 11.2. The van der Waals surface area contributed by atoms with Crippen molar-refractivity contribution in [3.63, 3.8) is 0 Å². The summed E-state index contributed by atoms with van der Waals surface area (Å²) in [5.74, 6) is -0.287. The first-order chi connectivity index (χ1) is 12.7. The molecule has 9 heteroatoms. The molecule has 0 atom stereocenters. The number of carbonyl (C=O) groups excluding carboxylic acids is 1. The van der Waals surface area contributed by atoms with Crippen molar-refractivity contribution in [2.75, 3.05) is 11.6 Å². The molecule has 0 aliphatic carbocycles. The average molecular weight is 403 g/mol. The average Bonchev–Trinajstić information content (AvgIpc) is 2.61. The molecule has 138 valence electrons. The van der Waals surface area contributed by atoms with Crippen LogP contribution in [0.1, 0.15) is 10.4 Å². The van der Waals surface area contributed by atoms with E-state index in [9.17, 15) is 13.2 Å². The minimum absolute atomic E-state index is 0.222. The van der Waals surface area contributed by atoms with Gasteiger partial charge in [-0.25, -0.2) is 18.4 Å². The summed E-state index contributed by atoms with van der Waals surface area (Å²) < 4.78 is 23.1. The molecule has 0 aliphatic heterocycles. The van der Waals surface area contributed by atoms with Crippen molar-refractivity contribution in [2.24, 2.45) is 5.73 Å². The number of sulfone groups is 1. The van der Waals surface area contributed by atoms with E-state index in [0.717, 1.165) is 11.8 Å². The second-order valence-electron chi connectivity index (χ2n) is 5.75. The summed E-state index contributed by atoms with van der Waals surface area (Å²) in [6.07, 6.45) is 2.73. The van der Waals surface area contributed by atoms with E-state index in [1.807, 2.05) is 0 Å². The van der Waals surface area contributed by atoms with Crippen molar-refractivity contribution in [1.82, 2.24) is 9.97 Å². The smallest absolute Gasteiger partial charge is 0.250 e. The van der Waals surface area contributed by atoms with Gasteiger partial charge in [-0.3, -0.25) is 4.79 Å². The zero-order valence-electron chi connectivity index (χ0n) is 14.2. The van der Waals surface area contributed by atoms with Crippen molar-refractivity contribution in [3.05, 3.63) is 65.3 Å². The predicted molar refractivity (Wildman–Crippen MR) is 104 cm³/mol. The van der Waals surface area contributed by atoms with E-state index < -0.39 is 15.7 Å². The number of nitrogens with one attached hydrogen (secondary N) is 1. The van der Waals surface area contributed by atoms with Gasteiger partial charge in [0.1, 0.15) is 0 Å². The van der Waals surface area contributed by atoms with Gasteiger partial charge in [0, 0.05) is 23.7 Å². The van der Waals surface area contributed by atoms with Crippen LogP contribution < -0.4 is 11.1 Å². The van der Waals surface area contributed by atoms with E-state index in [4.69, 9.17) is 17.3 Å². The molecule has 3 aromatic rings.